The minimum Gasteiger partial charge on any atom is -0.493 e. The summed E-state index contributed by atoms with van der Waals surface area (Å²) < 4.78 is 6.13. The Kier molecular flexibility index (Phi) is 4.02. The van der Waals surface area contributed by atoms with Crippen LogP contribution in [0, 0.1) is 0 Å². The molecular formula is C18H20OS. The molecule has 2 aromatic rings. The predicted octanol–water partition coefficient (Wildman–Crippen LogP) is 5.08. The van der Waals surface area contributed by atoms with E-state index in [9.17, 15) is 0 Å². The fourth-order valence-electron chi connectivity index (χ4n) is 2.65. The third-order valence-electron chi connectivity index (χ3n) is 3.78. The van der Waals surface area contributed by atoms with E-state index in [4.69, 9.17) is 4.74 Å². The number of rotatable bonds is 4. The van der Waals surface area contributed by atoms with E-state index in [1.807, 2.05) is 11.8 Å². The van der Waals surface area contributed by atoms with Gasteiger partial charge in [-0.15, -0.1) is 11.8 Å². The maximum absolute atomic E-state index is 6.13. The standard InChI is InChI=1S/C18H20OS/c1-13(2)15-7-3-5-9-17(15)19-11-14-12-20-18-10-6-4-8-16(14)18/h3-10,13-14H,11-12H2,1-2H3. The molecule has 2 heteroatoms. The summed E-state index contributed by atoms with van der Waals surface area (Å²) in [6, 6.07) is 17.1. The molecule has 1 atom stereocenters. The van der Waals surface area contributed by atoms with E-state index < -0.39 is 0 Å². The first-order valence-corrected chi connectivity index (χ1v) is 8.17. The van der Waals surface area contributed by atoms with Crippen molar-refractivity contribution in [2.45, 2.75) is 30.6 Å². The Morgan fingerprint density at radius 1 is 1.10 bits per heavy atom. The van der Waals surface area contributed by atoms with Crippen molar-refractivity contribution in [2.75, 3.05) is 12.4 Å². The summed E-state index contributed by atoms with van der Waals surface area (Å²) in [6.45, 7) is 5.19. The van der Waals surface area contributed by atoms with Gasteiger partial charge in [0.2, 0.25) is 0 Å². The normalized spacial score (nSPS) is 17.2. The van der Waals surface area contributed by atoms with Gasteiger partial charge in [0.15, 0.2) is 0 Å². The molecule has 104 valence electrons. The van der Waals surface area contributed by atoms with Gasteiger partial charge in [0, 0.05) is 16.6 Å². The molecule has 0 spiro atoms. The highest BCUT2D eigenvalue weighted by Gasteiger charge is 2.23. The molecule has 0 aliphatic carbocycles. The van der Waals surface area contributed by atoms with E-state index in [2.05, 4.69) is 62.4 Å². The number of thioether (sulfide) groups is 1. The Morgan fingerprint density at radius 2 is 1.85 bits per heavy atom. The number of benzene rings is 2. The van der Waals surface area contributed by atoms with E-state index in [0.717, 1.165) is 18.1 Å². The van der Waals surface area contributed by atoms with Crippen molar-refractivity contribution in [2.24, 2.45) is 0 Å². The summed E-state index contributed by atoms with van der Waals surface area (Å²) in [5.41, 5.74) is 2.74. The molecule has 1 aliphatic heterocycles. The van der Waals surface area contributed by atoms with Crippen LogP contribution in [0.15, 0.2) is 53.4 Å². The van der Waals surface area contributed by atoms with Crippen molar-refractivity contribution in [3.05, 3.63) is 59.7 Å². The molecule has 3 rings (SSSR count). The first-order valence-electron chi connectivity index (χ1n) is 7.19. The van der Waals surface area contributed by atoms with E-state index in [-0.39, 0.29) is 0 Å². The summed E-state index contributed by atoms with van der Waals surface area (Å²) in [5, 5.41) is 0. The molecule has 0 N–H and O–H groups in total. The lowest BCUT2D eigenvalue weighted by Crippen LogP contribution is -2.11. The third-order valence-corrected chi connectivity index (χ3v) is 5.03. The molecule has 1 unspecified atom stereocenters. The molecule has 0 saturated heterocycles. The van der Waals surface area contributed by atoms with Crippen molar-refractivity contribution in [1.82, 2.24) is 0 Å². The second-order valence-electron chi connectivity index (χ2n) is 5.55. The minimum absolute atomic E-state index is 0.497. The first-order chi connectivity index (χ1) is 9.75. The largest absolute Gasteiger partial charge is 0.493 e. The topological polar surface area (TPSA) is 9.23 Å². The van der Waals surface area contributed by atoms with E-state index in [0.29, 0.717) is 11.8 Å². The van der Waals surface area contributed by atoms with Crippen LogP contribution in [0.25, 0.3) is 0 Å². The van der Waals surface area contributed by atoms with Crippen molar-refractivity contribution < 1.29 is 4.74 Å². The highest BCUT2D eigenvalue weighted by Crippen LogP contribution is 2.39. The second kappa shape index (κ2) is 5.92. The second-order valence-corrected chi connectivity index (χ2v) is 6.61. The van der Waals surface area contributed by atoms with Crippen molar-refractivity contribution in [3.63, 3.8) is 0 Å². The van der Waals surface area contributed by atoms with Crippen LogP contribution < -0.4 is 4.74 Å². The highest BCUT2D eigenvalue weighted by atomic mass is 32.2. The molecule has 0 bridgehead atoms. The highest BCUT2D eigenvalue weighted by molar-refractivity contribution is 7.99. The van der Waals surface area contributed by atoms with E-state index in [1.165, 1.54) is 16.0 Å². The smallest absolute Gasteiger partial charge is 0.122 e. The van der Waals surface area contributed by atoms with Crippen molar-refractivity contribution in [1.29, 1.82) is 0 Å². The Hall–Kier alpha value is -1.41. The van der Waals surface area contributed by atoms with Gasteiger partial charge in [-0.3, -0.25) is 0 Å². The quantitative estimate of drug-likeness (QED) is 0.774. The lowest BCUT2D eigenvalue weighted by atomic mass is 10.0. The van der Waals surface area contributed by atoms with Crippen LogP contribution in [0.2, 0.25) is 0 Å². The number of para-hydroxylation sites is 1. The molecule has 20 heavy (non-hydrogen) atoms. The average molecular weight is 284 g/mol. The maximum Gasteiger partial charge on any atom is 0.122 e. The molecule has 1 aliphatic rings. The lowest BCUT2D eigenvalue weighted by Gasteiger charge is -2.17. The zero-order chi connectivity index (χ0) is 13.9. The molecule has 0 saturated carbocycles. The van der Waals surface area contributed by atoms with Crippen molar-refractivity contribution in [3.8, 4) is 5.75 Å². The van der Waals surface area contributed by atoms with Gasteiger partial charge in [0.25, 0.3) is 0 Å². The Bertz CT molecular complexity index is 591. The van der Waals surface area contributed by atoms with Crippen molar-refractivity contribution >= 4 is 11.8 Å². The third kappa shape index (κ3) is 2.71. The van der Waals surface area contributed by atoms with E-state index >= 15 is 0 Å². The summed E-state index contributed by atoms with van der Waals surface area (Å²) in [6.07, 6.45) is 0. The maximum atomic E-state index is 6.13. The molecule has 0 aromatic heterocycles. The Labute approximate surface area is 125 Å². The van der Waals surface area contributed by atoms with Crippen LogP contribution >= 0.6 is 11.8 Å². The van der Waals surface area contributed by atoms with E-state index in [1.54, 1.807) is 0 Å². The number of hydrogen-bond donors (Lipinski definition) is 0. The molecule has 2 aromatic carbocycles. The zero-order valence-corrected chi connectivity index (χ0v) is 12.8. The monoisotopic (exact) mass is 284 g/mol. The van der Waals surface area contributed by atoms with Crippen LogP contribution in [0.4, 0.5) is 0 Å². The van der Waals surface area contributed by atoms with Gasteiger partial charge in [0.1, 0.15) is 5.75 Å². The first kappa shape index (κ1) is 13.6. The lowest BCUT2D eigenvalue weighted by molar-refractivity contribution is 0.294. The van der Waals surface area contributed by atoms with Gasteiger partial charge in [0.05, 0.1) is 6.61 Å². The number of ether oxygens (including phenoxy) is 1. The number of hydrogen-bond acceptors (Lipinski definition) is 2. The van der Waals surface area contributed by atoms with Crippen LogP contribution in [0.1, 0.15) is 36.8 Å². The zero-order valence-electron chi connectivity index (χ0n) is 12.0. The van der Waals surface area contributed by atoms with Crippen LogP contribution in [-0.2, 0) is 0 Å². The Morgan fingerprint density at radius 3 is 2.70 bits per heavy atom. The molecule has 1 nitrogen and oxygen atoms in total. The van der Waals surface area contributed by atoms with Gasteiger partial charge in [-0.2, -0.15) is 0 Å². The van der Waals surface area contributed by atoms with Crippen LogP contribution in [-0.4, -0.2) is 12.4 Å². The predicted molar refractivity (Wildman–Crippen MR) is 85.9 cm³/mol. The summed E-state index contributed by atoms with van der Waals surface area (Å²) in [7, 11) is 0. The molecule has 0 radical (unpaired) electrons. The number of fused-ring (bicyclic) bond motifs is 1. The summed E-state index contributed by atoms with van der Waals surface area (Å²) >= 11 is 1.94. The fourth-order valence-corrected chi connectivity index (χ4v) is 3.88. The molecular weight excluding hydrogens is 264 g/mol. The summed E-state index contributed by atoms with van der Waals surface area (Å²) in [5.74, 6) is 3.17. The van der Waals surface area contributed by atoms with Gasteiger partial charge in [-0.1, -0.05) is 50.2 Å². The molecule has 0 fully saturated rings. The molecule has 1 heterocycles. The van der Waals surface area contributed by atoms with Gasteiger partial charge < -0.3 is 4.74 Å². The van der Waals surface area contributed by atoms with Gasteiger partial charge in [-0.05, 0) is 29.2 Å². The average Bonchev–Trinajstić information content (AvgIpc) is 2.88. The van der Waals surface area contributed by atoms with Gasteiger partial charge in [-0.25, -0.2) is 0 Å². The van der Waals surface area contributed by atoms with Crippen LogP contribution in [0.5, 0.6) is 5.75 Å². The Balaban J connectivity index is 1.72. The molecule has 0 amide bonds. The van der Waals surface area contributed by atoms with Crippen LogP contribution in [0.3, 0.4) is 0 Å². The minimum atomic E-state index is 0.497. The van der Waals surface area contributed by atoms with Gasteiger partial charge >= 0.3 is 0 Å². The fraction of sp³-hybridized carbons (Fsp3) is 0.333. The SMILES string of the molecule is CC(C)c1ccccc1OCC1CSc2ccccc21. The summed E-state index contributed by atoms with van der Waals surface area (Å²) in [4.78, 5) is 1.42.